The number of rotatable bonds is 12. The third kappa shape index (κ3) is 7.72. The van der Waals surface area contributed by atoms with Crippen molar-refractivity contribution >= 4 is 0 Å². The molecule has 23 heavy (non-hydrogen) atoms. The van der Waals surface area contributed by atoms with Crippen molar-refractivity contribution in [2.45, 2.75) is 38.8 Å². The smallest absolute Gasteiger partial charge is 0.183 e. The summed E-state index contributed by atoms with van der Waals surface area (Å²) in [6, 6.07) is 10.0. The molecule has 0 amide bonds. The number of ether oxygens (including phenoxy) is 3. The third-order valence-corrected chi connectivity index (χ3v) is 3.73. The summed E-state index contributed by atoms with van der Waals surface area (Å²) in [7, 11) is 3.22. The summed E-state index contributed by atoms with van der Waals surface area (Å²) in [5.41, 5.74) is 3.37. The monoisotopic (exact) mass is 323 g/mol. The molecule has 0 bridgehead atoms. The molecular formula is C18H29NO4. The minimum Gasteiger partial charge on any atom is -0.368 e. The van der Waals surface area contributed by atoms with E-state index < -0.39 is 6.29 Å². The maximum atomic E-state index is 9.03. The number of methoxy groups -OCH3 is 2. The molecule has 0 fully saturated rings. The maximum absolute atomic E-state index is 9.03. The zero-order chi connectivity index (χ0) is 16.9. The topological polar surface area (TPSA) is 60.0 Å². The quantitative estimate of drug-likeness (QED) is 0.351. The molecule has 0 heterocycles. The summed E-state index contributed by atoms with van der Waals surface area (Å²) in [6.07, 6.45) is 5.02. The van der Waals surface area contributed by atoms with Crippen molar-refractivity contribution in [3.8, 4) is 0 Å². The van der Waals surface area contributed by atoms with E-state index in [0.29, 0.717) is 13.2 Å². The Kier molecular flexibility index (Phi) is 10.5. The second-order valence-electron chi connectivity index (χ2n) is 5.44. The molecule has 0 saturated heterocycles. The number of benzene rings is 1. The van der Waals surface area contributed by atoms with Gasteiger partial charge in [-0.3, -0.25) is 0 Å². The second-order valence-corrected chi connectivity index (χ2v) is 5.44. The van der Waals surface area contributed by atoms with Crippen LogP contribution in [-0.2, 0) is 20.8 Å². The van der Waals surface area contributed by atoms with Gasteiger partial charge in [0.25, 0.3) is 0 Å². The van der Waals surface area contributed by atoms with Crippen LogP contribution in [0.3, 0.4) is 0 Å². The summed E-state index contributed by atoms with van der Waals surface area (Å²) in [5.74, 6) is 0.227. The molecule has 0 saturated carbocycles. The number of hydrogen-bond donors (Lipinski definition) is 2. The molecule has 0 aromatic heterocycles. The highest BCUT2D eigenvalue weighted by atomic mass is 16.7. The van der Waals surface area contributed by atoms with Crippen molar-refractivity contribution in [3.05, 3.63) is 48.0 Å². The van der Waals surface area contributed by atoms with Gasteiger partial charge in [-0.25, -0.2) is 5.48 Å². The Labute approximate surface area is 139 Å². The van der Waals surface area contributed by atoms with Crippen molar-refractivity contribution in [3.63, 3.8) is 0 Å². The first-order chi connectivity index (χ1) is 11.2. The van der Waals surface area contributed by atoms with Gasteiger partial charge in [0, 0.05) is 20.8 Å². The van der Waals surface area contributed by atoms with E-state index in [1.54, 1.807) is 14.2 Å². The average Bonchev–Trinajstić information content (AvgIpc) is 2.59. The Morgan fingerprint density at radius 1 is 1.17 bits per heavy atom. The van der Waals surface area contributed by atoms with Gasteiger partial charge in [-0.15, -0.1) is 0 Å². The normalized spacial score (nSPS) is 14.5. The van der Waals surface area contributed by atoms with E-state index >= 15 is 0 Å². The number of hydroxylamine groups is 1. The van der Waals surface area contributed by atoms with Gasteiger partial charge >= 0.3 is 0 Å². The van der Waals surface area contributed by atoms with Gasteiger partial charge in [0.1, 0.15) is 6.10 Å². The van der Waals surface area contributed by atoms with Crippen molar-refractivity contribution < 1.29 is 19.4 Å². The zero-order valence-corrected chi connectivity index (χ0v) is 14.3. The maximum Gasteiger partial charge on any atom is 0.183 e. The highest BCUT2D eigenvalue weighted by Crippen LogP contribution is 2.20. The van der Waals surface area contributed by atoms with Crippen molar-refractivity contribution in [2.24, 2.45) is 5.92 Å². The number of allylic oxidation sites excluding steroid dienone is 2. The largest absolute Gasteiger partial charge is 0.368 e. The first-order valence-corrected chi connectivity index (χ1v) is 7.94. The molecule has 1 aromatic rings. The standard InChI is InChI=1S/C18H29NO4/c1-4-5-9-16(13-19-20)12-17(18(21-2)22-3)23-14-15-10-7-6-8-11-15/h4-8,10-11,16-20H,9,12-14H2,1-3H3/b5-4+/t16?,17-/m0/s1. The minimum absolute atomic E-state index is 0.214. The Hall–Kier alpha value is -1.24. The second kappa shape index (κ2) is 12.2. The van der Waals surface area contributed by atoms with Crippen LogP contribution < -0.4 is 5.48 Å². The average molecular weight is 323 g/mol. The van der Waals surface area contributed by atoms with Crippen molar-refractivity contribution in [1.29, 1.82) is 0 Å². The fraction of sp³-hybridized carbons (Fsp3) is 0.556. The van der Waals surface area contributed by atoms with E-state index in [1.165, 1.54) is 0 Å². The van der Waals surface area contributed by atoms with Gasteiger partial charge in [-0.2, -0.15) is 0 Å². The van der Waals surface area contributed by atoms with Crippen LogP contribution in [0.2, 0.25) is 0 Å². The zero-order valence-electron chi connectivity index (χ0n) is 14.3. The highest BCUT2D eigenvalue weighted by Gasteiger charge is 2.25. The molecule has 1 rings (SSSR count). The molecule has 0 spiro atoms. The molecule has 1 unspecified atom stereocenters. The molecule has 2 atom stereocenters. The number of nitrogens with one attached hydrogen (secondary N) is 1. The lowest BCUT2D eigenvalue weighted by Gasteiger charge is -2.28. The Bertz CT molecular complexity index is 420. The predicted octanol–water partition coefficient (Wildman–Crippen LogP) is 3.14. The summed E-state index contributed by atoms with van der Waals surface area (Å²) >= 11 is 0. The summed E-state index contributed by atoms with van der Waals surface area (Å²) in [6.45, 7) is 2.98. The molecule has 5 heteroatoms. The van der Waals surface area contributed by atoms with Gasteiger partial charge < -0.3 is 19.4 Å². The predicted molar refractivity (Wildman–Crippen MR) is 90.2 cm³/mol. The van der Waals surface area contributed by atoms with Crippen LogP contribution in [-0.4, -0.2) is 38.4 Å². The number of hydrogen-bond acceptors (Lipinski definition) is 5. The summed E-state index contributed by atoms with van der Waals surface area (Å²) < 4.78 is 16.8. The molecule has 2 N–H and O–H groups in total. The van der Waals surface area contributed by atoms with E-state index in [1.807, 2.05) is 43.3 Å². The first-order valence-electron chi connectivity index (χ1n) is 7.94. The highest BCUT2D eigenvalue weighted by molar-refractivity contribution is 5.13. The van der Waals surface area contributed by atoms with E-state index in [9.17, 15) is 0 Å². The molecular weight excluding hydrogens is 294 g/mol. The van der Waals surface area contributed by atoms with Gasteiger partial charge in [-0.1, -0.05) is 42.5 Å². The fourth-order valence-corrected chi connectivity index (χ4v) is 2.48. The molecule has 5 nitrogen and oxygen atoms in total. The van der Waals surface area contributed by atoms with Crippen LogP contribution in [0.15, 0.2) is 42.5 Å². The first kappa shape index (κ1) is 19.8. The third-order valence-electron chi connectivity index (χ3n) is 3.73. The van der Waals surface area contributed by atoms with Gasteiger partial charge in [-0.05, 0) is 31.2 Å². The fourth-order valence-electron chi connectivity index (χ4n) is 2.48. The Morgan fingerprint density at radius 2 is 1.87 bits per heavy atom. The van der Waals surface area contributed by atoms with Crippen LogP contribution in [0.4, 0.5) is 0 Å². The lowest BCUT2D eigenvalue weighted by atomic mass is 9.97. The Morgan fingerprint density at radius 3 is 2.43 bits per heavy atom. The van der Waals surface area contributed by atoms with Crippen LogP contribution >= 0.6 is 0 Å². The molecule has 0 radical (unpaired) electrons. The lowest BCUT2D eigenvalue weighted by molar-refractivity contribution is -0.189. The summed E-state index contributed by atoms with van der Waals surface area (Å²) in [5, 5.41) is 9.03. The molecule has 1 aromatic carbocycles. The SMILES string of the molecule is C/C=C/CC(CNO)C[C@H](OCc1ccccc1)C(OC)OC. The lowest BCUT2D eigenvalue weighted by Crippen LogP contribution is -2.36. The molecule has 0 aliphatic rings. The van der Waals surface area contributed by atoms with E-state index in [4.69, 9.17) is 19.4 Å². The van der Waals surface area contributed by atoms with Crippen molar-refractivity contribution in [1.82, 2.24) is 5.48 Å². The van der Waals surface area contributed by atoms with Crippen LogP contribution in [0.5, 0.6) is 0 Å². The summed E-state index contributed by atoms with van der Waals surface area (Å²) in [4.78, 5) is 0. The minimum atomic E-state index is -0.439. The van der Waals surface area contributed by atoms with Gasteiger partial charge in [0.15, 0.2) is 6.29 Å². The van der Waals surface area contributed by atoms with Crippen LogP contribution in [0.1, 0.15) is 25.3 Å². The van der Waals surface area contributed by atoms with Crippen LogP contribution in [0.25, 0.3) is 0 Å². The molecule has 130 valence electrons. The van der Waals surface area contributed by atoms with Crippen molar-refractivity contribution in [2.75, 3.05) is 20.8 Å². The van der Waals surface area contributed by atoms with E-state index in [2.05, 4.69) is 11.6 Å². The Balaban J connectivity index is 2.69. The molecule has 0 aliphatic carbocycles. The van der Waals surface area contributed by atoms with E-state index in [0.717, 1.165) is 18.4 Å². The van der Waals surface area contributed by atoms with Gasteiger partial charge in [0.2, 0.25) is 0 Å². The van der Waals surface area contributed by atoms with Crippen LogP contribution in [0, 0.1) is 5.92 Å². The van der Waals surface area contributed by atoms with Gasteiger partial charge in [0.05, 0.1) is 6.61 Å². The van der Waals surface area contributed by atoms with E-state index in [-0.39, 0.29) is 12.0 Å². The molecule has 0 aliphatic heterocycles.